The molecule has 0 radical (unpaired) electrons. The minimum atomic E-state index is -1.22. The number of rotatable bonds is 4. The fraction of sp³-hybridized carbons (Fsp3) is 0.0833. The molecule has 0 atom stereocenters. The monoisotopic (exact) mass is 253 g/mol. The van der Waals surface area contributed by atoms with Crippen molar-refractivity contribution >= 4 is 11.9 Å². The smallest absolute Gasteiger partial charge is 0.182 e. The van der Waals surface area contributed by atoms with E-state index >= 15 is 0 Å². The van der Waals surface area contributed by atoms with Crippen molar-refractivity contribution in [2.75, 3.05) is 5.32 Å². The molecule has 0 fully saturated rings. The van der Waals surface area contributed by atoms with Crippen molar-refractivity contribution in [1.82, 2.24) is 9.78 Å². The van der Waals surface area contributed by atoms with Crippen LogP contribution in [0.1, 0.15) is 5.56 Å². The molecule has 0 bridgehead atoms. The standard InChI is InChI=1S/C12H10F3N3/c1-2-18-7-8(6-17-18)5-16-11-4-9(13)3-10(14)12(11)15/h2-4,6-7,16H,1,5H2. The molecule has 1 aromatic carbocycles. The van der Waals surface area contributed by atoms with Crippen molar-refractivity contribution in [3.8, 4) is 0 Å². The number of aromatic nitrogens is 2. The normalized spacial score (nSPS) is 10.4. The Bertz CT molecular complexity index is 578. The SMILES string of the molecule is C=Cn1cc(CNc2cc(F)cc(F)c2F)cn1. The molecule has 0 saturated carbocycles. The molecule has 0 saturated heterocycles. The van der Waals surface area contributed by atoms with Crippen molar-refractivity contribution in [2.45, 2.75) is 6.54 Å². The number of hydrogen-bond acceptors (Lipinski definition) is 2. The third kappa shape index (κ3) is 2.53. The highest BCUT2D eigenvalue weighted by molar-refractivity contribution is 5.45. The van der Waals surface area contributed by atoms with Crippen LogP contribution in [0, 0.1) is 17.5 Å². The Kier molecular flexibility index (Phi) is 3.36. The zero-order valence-corrected chi connectivity index (χ0v) is 9.33. The Balaban J connectivity index is 2.12. The van der Waals surface area contributed by atoms with E-state index in [1.807, 2.05) is 0 Å². The summed E-state index contributed by atoms with van der Waals surface area (Å²) in [5.41, 5.74) is 0.512. The highest BCUT2D eigenvalue weighted by Crippen LogP contribution is 2.19. The van der Waals surface area contributed by atoms with E-state index in [1.54, 1.807) is 12.4 Å². The van der Waals surface area contributed by atoms with Gasteiger partial charge in [-0.2, -0.15) is 5.10 Å². The van der Waals surface area contributed by atoms with Gasteiger partial charge in [0.05, 0.1) is 11.9 Å². The van der Waals surface area contributed by atoms with Gasteiger partial charge < -0.3 is 5.32 Å². The van der Waals surface area contributed by atoms with Crippen molar-refractivity contribution in [1.29, 1.82) is 0 Å². The average molecular weight is 253 g/mol. The number of nitrogens with zero attached hydrogens (tertiary/aromatic N) is 2. The van der Waals surface area contributed by atoms with Gasteiger partial charge in [-0.1, -0.05) is 6.58 Å². The Morgan fingerprint density at radius 2 is 2.11 bits per heavy atom. The van der Waals surface area contributed by atoms with Gasteiger partial charge in [0.2, 0.25) is 0 Å². The molecule has 18 heavy (non-hydrogen) atoms. The quantitative estimate of drug-likeness (QED) is 0.849. The minimum Gasteiger partial charge on any atom is -0.378 e. The summed E-state index contributed by atoms with van der Waals surface area (Å²) in [7, 11) is 0. The highest BCUT2D eigenvalue weighted by atomic mass is 19.2. The van der Waals surface area contributed by atoms with Crippen LogP contribution in [-0.2, 0) is 6.54 Å². The van der Waals surface area contributed by atoms with Crippen LogP contribution in [0.4, 0.5) is 18.9 Å². The molecular formula is C12H10F3N3. The Morgan fingerprint density at radius 3 is 2.78 bits per heavy atom. The van der Waals surface area contributed by atoms with Crippen LogP contribution in [-0.4, -0.2) is 9.78 Å². The lowest BCUT2D eigenvalue weighted by atomic mass is 10.2. The first-order chi connectivity index (χ1) is 8.60. The van der Waals surface area contributed by atoms with E-state index in [1.165, 1.54) is 10.9 Å². The predicted molar refractivity (Wildman–Crippen MR) is 62.3 cm³/mol. The van der Waals surface area contributed by atoms with Crippen LogP contribution in [0.15, 0.2) is 31.1 Å². The summed E-state index contributed by atoms with van der Waals surface area (Å²) >= 11 is 0. The summed E-state index contributed by atoms with van der Waals surface area (Å²) in [5, 5.41) is 6.53. The number of halogens is 3. The molecule has 2 aromatic rings. The van der Waals surface area contributed by atoms with E-state index in [0.29, 0.717) is 6.07 Å². The molecule has 0 unspecified atom stereocenters. The fourth-order valence-electron chi connectivity index (χ4n) is 1.45. The molecule has 0 spiro atoms. The van der Waals surface area contributed by atoms with Gasteiger partial charge in [0.1, 0.15) is 5.82 Å². The zero-order valence-electron chi connectivity index (χ0n) is 9.33. The van der Waals surface area contributed by atoms with Gasteiger partial charge in [0.25, 0.3) is 0 Å². The summed E-state index contributed by atoms with van der Waals surface area (Å²) in [6.07, 6.45) is 4.70. The van der Waals surface area contributed by atoms with Crippen LogP contribution in [0.3, 0.4) is 0 Å². The molecule has 2 rings (SSSR count). The lowest BCUT2D eigenvalue weighted by Gasteiger charge is -2.06. The maximum Gasteiger partial charge on any atom is 0.182 e. The summed E-state index contributed by atoms with van der Waals surface area (Å²) in [6.45, 7) is 3.72. The van der Waals surface area contributed by atoms with Crippen molar-refractivity contribution in [3.63, 3.8) is 0 Å². The van der Waals surface area contributed by atoms with Crippen molar-refractivity contribution < 1.29 is 13.2 Å². The largest absolute Gasteiger partial charge is 0.378 e. The molecule has 0 amide bonds. The van der Waals surface area contributed by atoms with Crippen LogP contribution in [0.5, 0.6) is 0 Å². The molecule has 94 valence electrons. The molecule has 6 heteroatoms. The van der Waals surface area contributed by atoms with Crippen molar-refractivity contribution in [3.05, 3.63) is 54.1 Å². The lowest BCUT2D eigenvalue weighted by molar-refractivity contribution is 0.497. The highest BCUT2D eigenvalue weighted by Gasteiger charge is 2.10. The van der Waals surface area contributed by atoms with E-state index < -0.39 is 17.5 Å². The Hall–Kier alpha value is -2.24. The lowest BCUT2D eigenvalue weighted by Crippen LogP contribution is -2.03. The summed E-state index contributed by atoms with van der Waals surface area (Å²) < 4.78 is 40.6. The van der Waals surface area contributed by atoms with Crippen LogP contribution >= 0.6 is 0 Å². The first-order valence-electron chi connectivity index (χ1n) is 5.14. The summed E-state index contributed by atoms with van der Waals surface area (Å²) in [6, 6.07) is 1.40. The average Bonchev–Trinajstić information content (AvgIpc) is 2.80. The maximum atomic E-state index is 13.3. The number of hydrogen-bond donors (Lipinski definition) is 1. The van der Waals surface area contributed by atoms with E-state index in [4.69, 9.17) is 0 Å². The molecule has 1 aromatic heterocycles. The molecule has 3 nitrogen and oxygen atoms in total. The fourth-order valence-corrected chi connectivity index (χ4v) is 1.45. The van der Waals surface area contributed by atoms with E-state index in [2.05, 4.69) is 17.0 Å². The van der Waals surface area contributed by atoms with Gasteiger partial charge >= 0.3 is 0 Å². The number of nitrogens with one attached hydrogen (secondary N) is 1. The third-order valence-electron chi connectivity index (χ3n) is 2.32. The van der Waals surface area contributed by atoms with Gasteiger partial charge in [0, 0.05) is 36.6 Å². The van der Waals surface area contributed by atoms with E-state index in [-0.39, 0.29) is 12.2 Å². The number of anilines is 1. The van der Waals surface area contributed by atoms with Gasteiger partial charge in [-0.3, -0.25) is 0 Å². The summed E-state index contributed by atoms with van der Waals surface area (Å²) in [4.78, 5) is 0. The van der Waals surface area contributed by atoms with Gasteiger partial charge in [0.15, 0.2) is 11.6 Å². The van der Waals surface area contributed by atoms with Crippen molar-refractivity contribution in [2.24, 2.45) is 0 Å². The predicted octanol–water partition coefficient (Wildman–Crippen LogP) is 3.01. The zero-order chi connectivity index (χ0) is 13.1. The van der Waals surface area contributed by atoms with Gasteiger partial charge in [-0.25, -0.2) is 17.9 Å². The van der Waals surface area contributed by atoms with Gasteiger partial charge in [-0.15, -0.1) is 0 Å². The minimum absolute atomic E-state index is 0.202. The molecule has 1 heterocycles. The summed E-state index contributed by atoms with van der Waals surface area (Å²) in [5.74, 6) is -3.16. The van der Waals surface area contributed by atoms with Crippen LogP contribution in [0.25, 0.3) is 6.20 Å². The van der Waals surface area contributed by atoms with Crippen LogP contribution < -0.4 is 5.32 Å². The molecule has 0 aliphatic heterocycles. The number of benzene rings is 1. The first-order valence-corrected chi connectivity index (χ1v) is 5.14. The van der Waals surface area contributed by atoms with E-state index in [9.17, 15) is 13.2 Å². The van der Waals surface area contributed by atoms with Gasteiger partial charge in [-0.05, 0) is 0 Å². The first kappa shape index (κ1) is 12.2. The van der Waals surface area contributed by atoms with E-state index in [0.717, 1.165) is 11.6 Å². The van der Waals surface area contributed by atoms with Crippen LogP contribution in [0.2, 0.25) is 0 Å². The molecule has 0 aliphatic rings. The second kappa shape index (κ2) is 4.95. The molecular weight excluding hydrogens is 243 g/mol. The second-order valence-corrected chi connectivity index (χ2v) is 3.61. The Labute approximate surface area is 102 Å². The molecule has 1 N–H and O–H groups in total. The third-order valence-corrected chi connectivity index (χ3v) is 2.32. The topological polar surface area (TPSA) is 29.9 Å². The molecule has 0 aliphatic carbocycles. The second-order valence-electron chi connectivity index (χ2n) is 3.61. The maximum absolute atomic E-state index is 13.3. The Morgan fingerprint density at radius 1 is 1.33 bits per heavy atom.